The summed E-state index contributed by atoms with van der Waals surface area (Å²) in [7, 11) is 0. The number of hydrogen-bond donors (Lipinski definition) is 1. The first kappa shape index (κ1) is 15.4. The molecule has 2 N–H and O–H groups in total. The molecule has 0 bridgehead atoms. The van der Waals surface area contributed by atoms with Crippen molar-refractivity contribution in [3.8, 4) is 5.75 Å². The molecule has 2 aromatic rings. The number of carbonyl (C=O) groups is 1. The number of amides is 1. The van der Waals surface area contributed by atoms with Gasteiger partial charge in [0.15, 0.2) is 0 Å². The molecule has 21 heavy (non-hydrogen) atoms. The monoisotopic (exact) mass is 304 g/mol. The highest BCUT2D eigenvalue weighted by molar-refractivity contribution is 7.09. The Morgan fingerprint density at radius 1 is 1.29 bits per heavy atom. The molecule has 4 nitrogen and oxygen atoms in total. The van der Waals surface area contributed by atoms with Gasteiger partial charge in [-0.1, -0.05) is 6.07 Å². The fraction of sp³-hybridized carbons (Fsp3) is 0.312. The van der Waals surface area contributed by atoms with Gasteiger partial charge in [0, 0.05) is 17.1 Å². The molecule has 5 heteroatoms. The lowest BCUT2D eigenvalue weighted by Crippen LogP contribution is -2.31. The summed E-state index contributed by atoms with van der Waals surface area (Å²) in [5.41, 5.74) is 6.31. The topological polar surface area (TPSA) is 55.6 Å². The summed E-state index contributed by atoms with van der Waals surface area (Å²) >= 11 is 1.67. The lowest BCUT2D eigenvalue weighted by atomic mass is 10.3. The van der Waals surface area contributed by atoms with Crippen molar-refractivity contribution in [1.29, 1.82) is 0 Å². The van der Waals surface area contributed by atoms with E-state index in [0.717, 1.165) is 5.75 Å². The highest BCUT2D eigenvalue weighted by Crippen LogP contribution is 2.14. The van der Waals surface area contributed by atoms with Crippen LogP contribution in [-0.2, 0) is 11.3 Å². The summed E-state index contributed by atoms with van der Waals surface area (Å²) in [6.45, 7) is 3.75. The SMILES string of the molecule is CCN(Cc1cccs1)C(=O)CCOc1ccc(N)cc1. The van der Waals surface area contributed by atoms with Crippen LogP contribution >= 0.6 is 11.3 Å². The molecule has 1 aromatic heterocycles. The minimum Gasteiger partial charge on any atom is -0.493 e. The summed E-state index contributed by atoms with van der Waals surface area (Å²) in [5, 5.41) is 2.03. The van der Waals surface area contributed by atoms with Crippen molar-refractivity contribution < 1.29 is 9.53 Å². The van der Waals surface area contributed by atoms with Gasteiger partial charge in [-0.15, -0.1) is 11.3 Å². The second-order valence-electron chi connectivity index (χ2n) is 4.65. The second-order valence-corrected chi connectivity index (χ2v) is 5.69. The number of ether oxygens (including phenoxy) is 1. The quantitative estimate of drug-likeness (QED) is 0.799. The molecule has 0 unspecified atom stereocenters. The van der Waals surface area contributed by atoms with E-state index in [2.05, 4.69) is 0 Å². The van der Waals surface area contributed by atoms with Crippen molar-refractivity contribution in [1.82, 2.24) is 4.90 Å². The van der Waals surface area contributed by atoms with Crippen LogP contribution in [0.1, 0.15) is 18.2 Å². The zero-order valence-corrected chi connectivity index (χ0v) is 12.9. The second kappa shape index (κ2) is 7.69. The molecule has 1 heterocycles. The normalized spacial score (nSPS) is 10.3. The molecule has 112 valence electrons. The first-order chi connectivity index (χ1) is 10.2. The number of nitrogens with zero attached hydrogens (tertiary/aromatic N) is 1. The van der Waals surface area contributed by atoms with Gasteiger partial charge in [-0.2, -0.15) is 0 Å². The first-order valence-electron chi connectivity index (χ1n) is 6.97. The lowest BCUT2D eigenvalue weighted by Gasteiger charge is -2.20. The first-order valence-corrected chi connectivity index (χ1v) is 7.85. The van der Waals surface area contributed by atoms with Gasteiger partial charge in [-0.25, -0.2) is 0 Å². The predicted octanol–water partition coefficient (Wildman–Crippen LogP) is 3.15. The zero-order chi connectivity index (χ0) is 15.1. The molecule has 0 atom stereocenters. The van der Waals surface area contributed by atoms with Gasteiger partial charge < -0.3 is 15.4 Å². The van der Waals surface area contributed by atoms with E-state index in [1.165, 1.54) is 4.88 Å². The van der Waals surface area contributed by atoms with E-state index in [-0.39, 0.29) is 5.91 Å². The summed E-state index contributed by atoms with van der Waals surface area (Å²) < 4.78 is 5.56. The Kier molecular flexibility index (Phi) is 5.63. The minimum absolute atomic E-state index is 0.112. The molecule has 0 aliphatic carbocycles. The summed E-state index contributed by atoms with van der Waals surface area (Å²) in [6.07, 6.45) is 0.379. The van der Waals surface area contributed by atoms with Gasteiger partial charge in [0.05, 0.1) is 19.6 Å². The molecular weight excluding hydrogens is 284 g/mol. The van der Waals surface area contributed by atoms with Crippen LogP contribution in [0.15, 0.2) is 41.8 Å². The zero-order valence-electron chi connectivity index (χ0n) is 12.1. The number of carbonyl (C=O) groups excluding carboxylic acids is 1. The average molecular weight is 304 g/mol. The highest BCUT2D eigenvalue weighted by atomic mass is 32.1. The summed E-state index contributed by atoms with van der Waals surface area (Å²) in [6, 6.07) is 11.2. The van der Waals surface area contributed by atoms with E-state index in [1.807, 2.05) is 41.5 Å². The third kappa shape index (κ3) is 4.79. The molecule has 0 radical (unpaired) electrons. The van der Waals surface area contributed by atoms with Crippen LogP contribution in [0.4, 0.5) is 5.69 Å². The fourth-order valence-corrected chi connectivity index (χ4v) is 2.66. The van der Waals surface area contributed by atoms with Crippen molar-refractivity contribution in [3.63, 3.8) is 0 Å². The third-order valence-corrected chi connectivity index (χ3v) is 3.99. The molecule has 1 amide bonds. The van der Waals surface area contributed by atoms with Crippen molar-refractivity contribution in [2.75, 3.05) is 18.9 Å². The van der Waals surface area contributed by atoms with Crippen molar-refractivity contribution in [2.24, 2.45) is 0 Å². The Hall–Kier alpha value is -2.01. The van der Waals surface area contributed by atoms with Gasteiger partial charge in [0.25, 0.3) is 0 Å². The number of rotatable bonds is 7. The number of nitrogen functional groups attached to an aromatic ring is 1. The van der Waals surface area contributed by atoms with Crippen LogP contribution in [0.2, 0.25) is 0 Å². The Labute approximate surface area is 129 Å². The van der Waals surface area contributed by atoms with Gasteiger partial charge in [0.1, 0.15) is 5.75 Å². The largest absolute Gasteiger partial charge is 0.493 e. The van der Waals surface area contributed by atoms with Gasteiger partial charge in [0.2, 0.25) is 5.91 Å². The smallest absolute Gasteiger partial charge is 0.226 e. The van der Waals surface area contributed by atoms with Crippen LogP contribution in [-0.4, -0.2) is 24.0 Å². The third-order valence-electron chi connectivity index (χ3n) is 3.13. The molecular formula is C16H20N2O2S. The Morgan fingerprint density at radius 3 is 2.67 bits per heavy atom. The van der Waals surface area contributed by atoms with Gasteiger partial charge in [-0.05, 0) is 42.6 Å². The highest BCUT2D eigenvalue weighted by Gasteiger charge is 2.12. The van der Waals surface area contributed by atoms with Gasteiger partial charge in [-0.3, -0.25) is 4.79 Å². The molecule has 0 aliphatic heterocycles. The average Bonchev–Trinajstić information content (AvgIpc) is 2.99. The van der Waals surface area contributed by atoms with Crippen LogP contribution in [0, 0.1) is 0 Å². The van der Waals surface area contributed by atoms with E-state index < -0.39 is 0 Å². The van der Waals surface area contributed by atoms with Crippen LogP contribution < -0.4 is 10.5 Å². The fourth-order valence-electron chi connectivity index (χ4n) is 1.95. The van der Waals surface area contributed by atoms with Crippen LogP contribution in [0.5, 0.6) is 5.75 Å². The van der Waals surface area contributed by atoms with Crippen LogP contribution in [0.3, 0.4) is 0 Å². The molecule has 0 aliphatic rings. The Bertz CT molecular complexity index is 552. The summed E-state index contributed by atoms with van der Waals surface area (Å²) in [4.78, 5) is 15.2. The van der Waals surface area contributed by atoms with E-state index in [1.54, 1.807) is 23.5 Å². The molecule has 0 saturated heterocycles. The number of thiophene rings is 1. The Balaban J connectivity index is 1.78. The van der Waals surface area contributed by atoms with E-state index in [4.69, 9.17) is 10.5 Å². The maximum Gasteiger partial charge on any atom is 0.226 e. The van der Waals surface area contributed by atoms with Gasteiger partial charge >= 0.3 is 0 Å². The Morgan fingerprint density at radius 2 is 2.05 bits per heavy atom. The van der Waals surface area contributed by atoms with Crippen LogP contribution in [0.25, 0.3) is 0 Å². The molecule has 0 spiro atoms. The standard InChI is InChI=1S/C16H20N2O2S/c1-2-18(12-15-4-3-11-21-15)16(19)9-10-20-14-7-5-13(17)6-8-14/h3-8,11H,2,9-10,12,17H2,1H3. The molecule has 2 rings (SSSR count). The van der Waals surface area contributed by atoms with E-state index >= 15 is 0 Å². The lowest BCUT2D eigenvalue weighted by molar-refractivity contribution is -0.132. The van der Waals surface area contributed by atoms with Crippen molar-refractivity contribution >= 4 is 22.9 Å². The minimum atomic E-state index is 0.112. The predicted molar refractivity (Wildman–Crippen MR) is 86.4 cm³/mol. The van der Waals surface area contributed by atoms with E-state index in [9.17, 15) is 4.79 Å². The summed E-state index contributed by atoms with van der Waals surface area (Å²) in [5.74, 6) is 0.847. The van der Waals surface area contributed by atoms with E-state index in [0.29, 0.717) is 31.8 Å². The maximum absolute atomic E-state index is 12.2. The van der Waals surface area contributed by atoms with Crippen molar-refractivity contribution in [2.45, 2.75) is 19.9 Å². The number of hydrogen-bond acceptors (Lipinski definition) is 4. The molecule has 1 aromatic carbocycles. The molecule has 0 fully saturated rings. The number of benzene rings is 1. The molecule has 0 saturated carbocycles. The number of anilines is 1. The number of nitrogens with two attached hydrogens (primary N) is 1. The maximum atomic E-state index is 12.2. The van der Waals surface area contributed by atoms with Crippen molar-refractivity contribution in [3.05, 3.63) is 46.7 Å².